The molecule has 0 spiro atoms. The van der Waals surface area contributed by atoms with Gasteiger partial charge in [-0.1, -0.05) is 12.2 Å². The van der Waals surface area contributed by atoms with Crippen LogP contribution in [0.25, 0.3) is 0 Å². The van der Waals surface area contributed by atoms with E-state index in [-0.39, 0.29) is 0 Å². The lowest BCUT2D eigenvalue weighted by Gasteiger charge is -1.92. The van der Waals surface area contributed by atoms with Crippen molar-refractivity contribution in [3.8, 4) is 0 Å². The van der Waals surface area contributed by atoms with Crippen LogP contribution in [-0.4, -0.2) is 10.2 Å². The molecule has 9 heavy (non-hydrogen) atoms. The molecule has 0 bridgehead atoms. The molecule has 0 aliphatic carbocycles. The molecule has 1 aromatic heterocycles. The average molecular weight is 140 g/mol. The summed E-state index contributed by atoms with van der Waals surface area (Å²) >= 11 is 5.01. The van der Waals surface area contributed by atoms with E-state index in [0.717, 1.165) is 15.8 Å². The van der Waals surface area contributed by atoms with E-state index >= 15 is 0 Å². The van der Waals surface area contributed by atoms with Crippen molar-refractivity contribution in [1.29, 1.82) is 0 Å². The zero-order valence-corrected chi connectivity index (χ0v) is 6.25. The zero-order chi connectivity index (χ0) is 6.85. The highest BCUT2D eigenvalue weighted by molar-refractivity contribution is 7.71. The standard InChI is InChI=1S/C6H8N2S/c1-4-3-7-8-5(2)6(4)9/h3H,1-2H3,(H,7,9). The summed E-state index contributed by atoms with van der Waals surface area (Å²) in [6.45, 7) is 3.86. The summed E-state index contributed by atoms with van der Waals surface area (Å²) in [5, 5.41) is 6.66. The topological polar surface area (TPSA) is 28.7 Å². The molecule has 1 rings (SSSR count). The van der Waals surface area contributed by atoms with Crippen LogP contribution in [0.5, 0.6) is 0 Å². The molecular formula is C6H8N2S. The quantitative estimate of drug-likeness (QED) is 0.556. The summed E-state index contributed by atoms with van der Waals surface area (Å²) < 4.78 is 0.855. The second-order valence-corrected chi connectivity index (χ2v) is 2.39. The van der Waals surface area contributed by atoms with E-state index in [9.17, 15) is 0 Å². The Kier molecular flexibility index (Phi) is 1.62. The number of hydrogen-bond acceptors (Lipinski definition) is 2. The number of aryl methyl sites for hydroxylation is 2. The molecule has 0 saturated heterocycles. The van der Waals surface area contributed by atoms with Crippen LogP contribution in [0.3, 0.4) is 0 Å². The minimum atomic E-state index is 0.855. The van der Waals surface area contributed by atoms with Crippen LogP contribution in [0, 0.1) is 18.4 Å². The monoisotopic (exact) mass is 140 g/mol. The molecule has 0 aliphatic rings. The van der Waals surface area contributed by atoms with Gasteiger partial charge in [-0.05, 0) is 19.4 Å². The Labute approximate surface area is 58.9 Å². The van der Waals surface area contributed by atoms with E-state index in [1.807, 2.05) is 13.8 Å². The summed E-state index contributed by atoms with van der Waals surface area (Å²) in [5.74, 6) is 0. The van der Waals surface area contributed by atoms with Crippen molar-refractivity contribution < 1.29 is 0 Å². The van der Waals surface area contributed by atoms with Gasteiger partial charge in [-0.3, -0.25) is 5.10 Å². The molecule has 3 heteroatoms. The van der Waals surface area contributed by atoms with Crippen molar-refractivity contribution in [2.75, 3.05) is 0 Å². The zero-order valence-electron chi connectivity index (χ0n) is 5.43. The van der Waals surface area contributed by atoms with Gasteiger partial charge in [0.05, 0.1) is 10.2 Å². The Balaban J connectivity index is 3.43. The van der Waals surface area contributed by atoms with Gasteiger partial charge in [0.15, 0.2) is 0 Å². The first-order valence-electron chi connectivity index (χ1n) is 2.73. The largest absolute Gasteiger partial charge is 0.285 e. The number of nitrogens with one attached hydrogen (secondary N) is 1. The van der Waals surface area contributed by atoms with E-state index in [1.54, 1.807) is 6.20 Å². The molecule has 0 aromatic carbocycles. The molecule has 1 heterocycles. The van der Waals surface area contributed by atoms with Gasteiger partial charge in [0.1, 0.15) is 0 Å². The highest BCUT2D eigenvalue weighted by Crippen LogP contribution is 1.99. The van der Waals surface area contributed by atoms with Gasteiger partial charge >= 0.3 is 0 Å². The van der Waals surface area contributed by atoms with Gasteiger partial charge in [0.25, 0.3) is 0 Å². The Morgan fingerprint density at radius 1 is 1.56 bits per heavy atom. The third-order valence-corrected chi connectivity index (χ3v) is 1.82. The first-order valence-corrected chi connectivity index (χ1v) is 3.14. The summed E-state index contributed by atoms with van der Waals surface area (Å²) in [6.07, 6.45) is 1.80. The van der Waals surface area contributed by atoms with Crippen LogP contribution >= 0.6 is 12.2 Å². The van der Waals surface area contributed by atoms with Crippen LogP contribution in [0.2, 0.25) is 0 Å². The number of aromatic amines is 1. The van der Waals surface area contributed by atoms with E-state index in [4.69, 9.17) is 12.2 Å². The van der Waals surface area contributed by atoms with Gasteiger partial charge in [0.2, 0.25) is 0 Å². The minimum Gasteiger partial charge on any atom is -0.285 e. The lowest BCUT2D eigenvalue weighted by atomic mass is 10.3. The van der Waals surface area contributed by atoms with Gasteiger partial charge in [-0.15, -0.1) is 0 Å². The molecule has 1 N–H and O–H groups in total. The lowest BCUT2D eigenvalue weighted by molar-refractivity contribution is 0.960. The van der Waals surface area contributed by atoms with Crippen molar-refractivity contribution in [3.63, 3.8) is 0 Å². The Bertz CT molecular complexity index is 241. The van der Waals surface area contributed by atoms with Crippen molar-refractivity contribution in [2.45, 2.75) is 13.8 Å². The lowest BCUT2D eigenvalue weighted by Crippen LogP contribution is -1.88. The molecule has 0 radical (unpaired) electrons. The fraction of sp³-hybridized carbons (Fsp3) is 0.333. The molecule has 0 amide bonds. The molecule has 1 aromatic rings. The molecule has 2 nitrogen and oxygen atoms in total. The third kappa shape index (κ3) is 1.16. The Morgan fingerprint density at radius 3 is 2.67 bits per heavy atom. The highest BCUT2D eigenvalue weighted by Gasteiger charge is 1.90. The molecule has 48 valence electrons. The van der Waals surface area contributed by atoms with E-state index < -0.39 is 0 Å². The number of aromatic nitrogens is 2. The first-order chi connectivity index (χ1) is 4.22. The normalized spacial score (nSPS) is 9.56. The van der Waals surface area contributed by atoms with Crippen LogP contribution in [0.4, 0.5) is 0 Å². The summed E-state index contributed by atoms with van der Waals surface area (Å²) in [5.41, 5.74) is 1.97. The SMILES string of the molecule is Cc1c[nH]nc(C)c1=S. The highest BCUT2D eigenvalue weighted by atomic mass is 32.1. The van der Waals surface area contributed by atoms with Crippen molar-refractivity contribution in [3.05, 3.63) is 22.0 Å². The number of hydrogen-bond donors (Lipinski definition) is 1. The maximum Gasteiger partial charge on any atom is 0.0759 e. The molecule has 0 fully saturated rings. The van der Waals surface area contributed by atoms with Gasteiger partial charge < -0.3 is 0 Å². The van der Waals surface area contributed by atoms with Crippen molar-refractivity contribution in [2.24, 2.45) is 0 Å². The predicted octanol–water partition coefficient (Wildman–Crippen LogP) is 1.76. The van der Waals surface area contributed by atoms with Crippen LogP contribution in [-0.2, 0) is 0 Å². The van der Waals surface area contributed by atoms with Gasteiger partial charge in [0, 0.05) is 6.20 Å². The number of H-pyrrole nitrogens is 1. The summed E-state index contributed by atoms with van der Waals surface area (Å²) in [4.78, 5) is 0. The number of rotatable bonds is 0. The average Bonchev–Trinajstić information content (AvgIpc) is 1.83. The minimum absolute atomic E-state index is 0.855. The smallest absolute Gasteiger partial charge is 0.0759 e. The van der Waals surface area contributed by atoms with Gasteiger partial charge in [-0.25, -0.2) is 0 Å². The molecular weight excluding hydrogens is 132 g/mol. The second kappa shape index (κ2) is 2.27. The Hall–Kier alpha value is -0.700. The fourth-order valence-electron chi connectivity index (χ4n) is 0.628. The first kappa shape index (κ1) is 6.42. The second-order valence-electron chi connectivity index (χ2n) is 1.98. The van der Waals surface area contributed by atoms with Crippen LogP contribution < -0.4 is 0 Å². The van der Waals surface area contributed by atoms with Crippen molar-refractivity contribution in [1.82, 2.24) is 10.2 Å². The van der Waals surface area contributed by atoms with E-state index in [1.165, 1.54) is 0 Å². The molecule has 0 saturated carbocycles. The number of nitrogens with zero attached hydrogens (tertiary/aromatic N) is 1. The molecule has 0 unspecified atom stereocenters. The van der Waals surface area contributed by atoms with Gasteiger partial charge in [-0.2, -0.15) is 5.10 Å². The maximum atomic E-state index is 5.01. The third-order valence-electron chi connectivity index (χ3n) is 1.20. The maximum absolute atomic E-state index is 5.01. The Morgan fingerprint density at radius 2 is 2.22 bits per heavy atom. The molecule has 0 atom stereocenters. The van der Waals surface area contributed by atoms with Crippen molar-refractivity contribution >= 4 is 12.2 Å². The predicted molar refractivity (Wildman–Crippen MR) is 38.9 cm³/mol. The van der Waals surface area contributed by atoms with E-state index in [0.29, 0.717) is 0 Å². The summed E-state index contributed by atoms with van der Waals surface area (Å²) in [7, 11) is 0. The van der Waals surface area contributed by atoms with Crippen LogP contribution in [0.1, 0.15) is 11.3 Å². The van der Waals surface area contributed by atoms with E-state index in [2.05, 4.69) is 10.2 Å². The summed E-state index contributed by atoms with van der Waals surface area (Å²) in [6, 6.07) is 0. The van der Waals surface area contributed by atoms with Crippen LogP contribution in [0.15, 0.2) is 6.20 Å². The fourth-order valence-corrected chi connectivity index (χ4v) is 0.732. The molecule has 0 aliphatic heterocycles.